The zero-order valence-electron chi connectivity index (χ0n) is 14.7. The molecule has 26 heavy (non-hydrogen) atoms. The molecule has 0 radical (unpaired) electrons. The Kier molecular flexibility index (Phi) is 3.87. The maximum atomic E-state index is 6.10. The van der Waals surface area contributed by atoms with E-state index in [1.807, 2.05) is 41.3 Å². The number of aromatic amines is 1. The largest absolute Gasteiger partial charge is 0.298 e. The first kappa shape index (κ1) is 16.1. The molecule has 5 rings (SSSR count). The van der Waals surface area contributed by atoms with Crippen LogP contribution >= 0.6 is 11.6 Å². The summed E-state index contributed by atoms with van der Waals surface area (Å²) in [6, 6.07) is 7.80. The lowest BCUT2D eigenvalue weighted by molar-refractivity contribution is 0.136. The second-order valence-corrected chi connectivity index (χ2v) is 8.07. The van der Waals surface area contributed by atoms with Crippen molar-refractivity contribution in [2.24, 2.45) is 0 Å². The van der Waals surface area contributed by atoms with Crippen molar-refractivity contribution in [3.05, 3.63) is 64.7 Å². The van der Waals surface area contributed by atoms with Crippen LogP contribution in [0.4, 0.5) is 0 Å². The number of fused-ring (bicyclic) bond motifs is 2. The molecule has 1 atom stereocenters. The zero-order valence-corrected chi connectivity index (χ0v) is 15.4. The third kappa shape index (κ3) is 2.75. The molecule has 5 nitrogen and oxygen atoms in total. The average Bonchev–Trinajstić information content (AvgIpc) is 3.35. The van der Waals surface area contributed by atoms with Gasteiger partial charge in [0.2, 0.25) is 0 Å². The van der Waals surface area contributed by atoms with Crippen LogP contribution in [0.1, 0.15) is 36.1 Å². The highest BCUT2D eigenvalue weighted by molar-refractivity contribution is 6.30. The fourth-order valence-corrected chi connectivity index (χ4v) is 4.87. The van der Waals surface area contributed by atoms with Gasteiger partial charge in [-0.05, 0) is 56.0 Å². The summed E-state index contributed by atoms with van der Waals surface area (Å²) in [6.07, 6.45) is 11.0. The van der Waals surface area contributed by atoms with Crippen molar-refractivity contribution in [3.63, 3.8) is 0 Å². The van der Waals surface area contributed by atoms with Gasteiger partial charge in [-0.15, -0.1) is 0 Å². The van der Waals surface area contributed by atoms with Gasteiger partial charge < -0.3 is 0 Å². The van der Waals surface area contributed by atoms with E-state index in [-0.39, 0.29) is 5.41 Å². The van der Waals surface area contributed by atoms with E-state index >= 15 is 0 Å². The van der Waals surface area contributed by atoms with Gasteiger partial charge in [-0.3, -0.25) is 10.00 Å². The van der Waals surface area contributed by atoms with Gasteiger partial charge in [0.1, 0.15) is 0 Å². The molecule has 134 valence electrons. The van der Waals surface area contributed by atoms with E-state index in [1.54, 1.807) is 0 Å². The number of hydrogen-bond donors (Lipinski definition) is 1. The Balaban J connectivity index is 1.33. The second-order valence-electron chi connectivity index (χ2n) is 7.64. The van der Waals surface area contributed by atoms with Crippen LogP contribution in [0.3, 0.4) is 0 Å². The van der Waals surface area contributed by atoms with E-state index in [0.29, 0.717) is 0 Å². The molecular formula is C20H22ClN5. The van der Waals surface area contributed by atoms with Crippen LogP contribution in [0.5, 0.6) is 0 Å². The van der Waals surface area contributed by atoms with Crippen LogP contribution < -0.4 is 0 Å². The van der Waals surface area contributed by atoms with Crippen LogP contribution in [-0.2, 0) is 18.4 Å². The van der Waals surface area contributed by atoms with Crippen LogP contribution in [0.15, 0.2) is 42.9 Å². The maximum Gasteiger partial charge on any atom is 0.0660 e. The molecule has 1 unspecified atom stereocenters. The van der Waals surface area contributed by atoms with Crippen LogP contribution in [-0.4, -0.2) is 38.0 Å². The van der Waals surface area contributed by atoms with Gasteiger partial charge in [0.15, 0.2) is 0 Å². The van der Waals surface area contributed by atoms with Crippen molar-refractivity contribution in [2.45, 2.75) is 37.6 Å². The number of H-pyrrole nitrogens is 1. The zero-order chi connectivity index (χ0) is 17.6. The molecule has 1 spiro atoms. The lowest BCUT2D eigenvalue weighted by Gasteiger charge is -2.40. The Morgan fingerprint density at radius 3 is 3.12 bits per heavy atom. The molecule has 0 bridgehead atoms. The van der Waals surface area contributed by atoms with Crippen LogP contribution in [0.25, 0.3) is 5.69 Å². The van der Waals surface area contributed by atoms with E-state index in [1.165, 1.54) is 36.1 Å². The lowest BCUT2D eigenvalue weighted by atomic mass is 9.77. The average molecular weight is 368 g/mol. The number of rotatable bonds is 3. The van der Waals surface area contributed by atoms with Crippen LogP contribution in [0.2, 0.25) is 5.02 Å². The van der Waals surface area contributed by atoms with Crippen molar-refractivity contribution in [1.82, 2.24) is 24.9 Å². The standard InChI is InChI=1S/C20H22ClN5/c21-17-3-1-4-18(9-17)26-13-15(10-23-26)12-25-8-2-6-20(14-25)7-5-16-11-22-24-19(16)20/h1,3-4,9-11,13H,2,5-8,12,14H2,(H,22,24). The Bertz CT molecular complexity index is 930. The first-order chi connectivity index (χ1) is 12.7. The molecule has 1 fully saturated rings. The Morgan fingerprint density at radius 1 is 1.23 bits per heavy atom. The third-order valence-corrected chi connectivity index (χ3v) is 6.13. The second kappa shape index (κ2) is 6.25. The number of hydrogen-bond acceptors (Lipinski definition) is 3. The Labute approximate surface area is 158 Å². The predicted molar refractivity (Wildman–Crippen MR) is 102 cm³/mol. The first-order valence-electron chi connectivity index (χ1n) is 9.26. The van der Waals surface area contributed by atoms with Gasteiger partial charge in [0.25, 0.3) is 0 Å². The van der Waals surface area contributed by atoms with Crippen molar-refractivity contribution in [2.75, 3.05) is 13.1 Å². The molecule has 3 heterocycles. The summed E-state index contributed by atoms with van der Waals surface area (Å²) in [7, 11) is 0. The highest BCUT2D eigenvalue weighted by atomic mass is 35.5. The van der Waals surface area contributed by atoms with E-state index in [2.05, 4.69) is 26.4 Å². The summed E-state index contributed by atoms with van der Waals surface area (Å²) >= 11 is 6.10. The maximum absolute atomic E-state index is 6.10. The summed E-state index contributed by atoms with van der Waals surface area (Å²) in [5.41, 5.74) is 5.31. The van der Waals surface area contributed by atoms with Gasteiger partial charge in [0, 0.05) is 41.0 Å². The number of benzene rings is 1. The number of aromatic nitrogens is 4. The Morgan fingerprint density at radius 2 is 2.19 bits per heavy atom. The van der Waals surface area contributed by atoms with Crippen molar-refractivity contribution in [3.8, 4) is 5.69 Å². The minimum atomic E-state index is 0.271. The molecule has 3 aromatic rings. The van der Waals surface area contributed by atoms with Gasteiger partial charge >= 0.3 is 0 Å². The third-order valence-electron chi connectivity index (χ3n) is 5.89. The van der Waals surface area contributed by atoms with Gasteiger partial charge in [-0.25, -0.2) is 4.68 Å². The quantitative estimate of drug-likeness (QED) is 0.767. The summed E-state index contributed by atoms with van der Waals surface area (Å²) in [5.74, 6) is 0. The number of piperidine rings is 1. The minimum Gasteiger partial charge on any atom is -0.298 e. The molecular weight excluding hydrogens is 346 g/mol. The summed E-state index contributed by atoms with van der Waals surface area (Å²) in [4.78, 5) is 2.57. The summed E-state index contributed by atoms with van der Waals surface area (Å²) in [5, 5.41) is 12.8. The topological polar surface area (TPSA) is 49.7 Å². The number of halogens is 1. The highest BCUT2D eigenvalue weighted by Gasteiger charge is 2.43. The molecule has 1 aliphatic carbocycles. The van der Waals surface area contributed by atoms with Gasteiger partial charge in [0.05, 0.1) is 18.1 Å². The SMILES string of the molecule is Clc1cccc(-n2cc(CN3CCCC4(CCc5cn[nH]c54)C3)cn2)c1. The Hall–Kier alpha value is -2.11. The molecule has 0 saturated carbocycles. The molecule has 1 aromatic carbocycles. The molecule has 6 heteroatoms. The number of likely N-dealkylation sites (tertiary alicyclic amines) is 1. The molecule has 2 aromatic heterocycles. The monoisotopic (exact) mass is 367 g/mol. The number of nitrogens with zero attached hydrogens (tertiary/aromatic N) is 4. The van der Waals surface area contributed by atoms with Gasteiger partial charge in [-0.1, -0.05) is 17.7 Å². The first-order valence-corrected chi connectivity index (χ1v) is 9.64. The van der Waals surface area contributed by atoms with E-state index in [4.69, 9.17) is 11.6 Å². The smallest absolute Gasteiger partial charge is 0.0660 e. The van der Waals surface area contributed by atoms with Crippen molar-refractivity contribution < 1.29 is 0 Å². The molecule has 2 aliphatic rings. The number of nitrogens with one attached hydrogen (secondary N) is 1. The highest BCUT2D eigenvalue weighted by Crippen LogP contribution is 2.44. The summed E-state index contributed by atoms with van der Waals surface area (Å²) < 4.78 is 1.91. The summed E-state index contributed by atoms with van der Waals surface area (Å²) in [6.45, 7) is 3.18. The van der Waals surface area contributed by atoms with Crippen molar-refractivity contribution in [1.29, 1.82) is 0 Å². The van der Waals surface area contributed by atoms with E-state index in [9.17, 15) is 0 Å². The van der Waals surface area contributed by atoms with Crippen LogP contribution in [0, 0.1) is 0 Å². The fourth-order valence-electron chi connectivity index (χ4n) is 4.69. The predicted octanol–water partition coefficient (Wildman–Crippen LogP) is 3.73. The number of aryl methyl sites for hydroxylation is 1. The molecule has 0 amide bonds. The molecule has 1 N–H and O–H groups in total. The van der Waals surface area contributed by atoms with E-state index in [0.717, 1.165) is 36.8 Å². The minimum absolute atomic E-state index is 0.271. The lowest BCUT2D eigenvalue weighted by Crippen LogP contribution is -2.44. The molecule has 1 aliphatic heterocycles. The van der Waals surface area contributed by atoms with Gasteiger partial charge in [-0.2, -0.15) is 10.2 Å². The fraction of sp³-hybridized carbons (Fsp3) is 0.400. The normalized spacial score (nSPS) is 22.8. The van der Waals surface area contributed by atoms with E-state index < -0.39 is 0 Å². The van der Waals surface area contributed by atoms with Crippen molar-refractivity contribution >= 4 is 11.6 Å². The molecule has 1 saturated heterocycles.